The number of carbonyl (C=O) groups is 3. The van der Waals surface area contributed by atoms with E-state index in [4.69, 9.17) is 0 Å². The van der Waals surface area contributed by atoms with E-state index >= 15 is 0 Å². The molecule has 0 unspecified atom stereocenters. The molecule has 0 spiro atoms. The van der Waals surface area contributed by atoms with Crippen LogP contribution in [0.4, 0.5) is 17.1 Å². The molecule has 0 saturated heterocycles. The van der Waals surface area contributed by atoms with E-state index in [1.54, 1.807) is 0 Å². The lowest BCUT2D eigenvalue weighted by Gasteiger charge is -2.13. The van der Waals surface area contributed by atoms with E-state index in [0.29, 0.717) is 19.3 Å². The Kier molecular flexibility index (Phi) is 22.9. The lowest BCUT2D eigenvalue weighted by atomic mass is 9.93. The van der Waals surface area contributed by atoms with Crippen molar-refractivity contribution in [1.82, 2.24) is 0 Å². The minimum absolute atomic E-state index is 0.0653. The van der Waals surface area contributed by atoms with Gasteiger partial charge in [-0.15, -0.1) is 0 Å². The van der Waals surface area contributed by atoms with Gasteiger partial charge in [-0.25, -0.2) is 0 Å². The van der Waals surface area contributed by atoms with Gasteiger partial charge < -0.3 is 16.0 Å². The van der Waals surface area contributed by atoms with Gasteiger partial charge in [0.1, 0.15) is 0 Å². The van der Waals surface area contributed by atoms with Crippen LogP contribution < -0.4 is 16.0 Å². The van der Waals surface area contributed by atoms with Crippen LogP contribution in [0.15, 0.2) is 91.0 Å². The van der Waals surface area contributed by atoms with Gasteiger partial charge in [-0.3, -0.25) is 14.4 Å². The summed E-state index contributed by atoms with van der Waals surface area (Å²) in [5.41, 5.74) is 8.73. The van der Waals surface area contributed by atoms with Crippen LogP contribution in [0.1, 0.15) is 175 Å². The Balaban J connectivity index is 1.44. The van der Waals surface area contributed by atoms with Gasteiger partial charge in [-0.2, -0.15) is 0 Å². The zero-order chi connectivity index (χ0) is 42.6. The minimum Gasteiger partial charge on any atom is -0.326 e. The third-order valence-electron chi connectivity index (χ3n) is 11.5. The van der Waals surface area contributed by atoms with Gasteiger partial charge in [0.05, 0.1) is 0 Å². The third-order valence-corrected chi connectivity index (χ3v) is 11.5. The molecule has 60 heavy (non-hydrogen) atoms. The molecule has 0 fully saturated rings. The van der Waals surface area contributed by atoms with Crippen molar-refractivity contribution < 1.29 is 14.4 Å². The lowest BCUT2D eigenvalue weighted by molar-refractivity contribution is -0.117. The zero-order valence-electron chi connectivity index (χ0n) is 37.4. The highest BCUT2D eigenvalue weighted by atomic mass is 16.2. The van der Waals surface area contributed by atoms with Crippen LogP contribution in [-0.4, -0.2) is 17.7 Å². The normalized spacial score (nSPS) is 11.1. The van der Waals surface area contributed by atoms with Crippen LogP contribution in [0.3, 0.4) is 0 Å². The van der Waals surface area contributed by atoms with E-state index in [9.17, 15) is 14.4 Å². The van der Waals surface area contributed by atoms with Crippen molar-refractivity contribution in [2.75, 3.05) is 16.0 Å². The van der Waals surface area contributed by atoms with Gasteiger partial charge in [0.25, 0.3) is 0 Å². The van der Waals surface area contributed by atoms with Crippen LogP contribution in [0, 0.1) is 0 Å². The SMILES string of the molecule is CCCCCCCCCC(=O)Nc1ccc(-c2cc(-c3ccc(NC(=O)CCCCCCCCC)cc3)cc(-c3ccc(NC(=O)CCCCCCCCC)cc3)c2)cc1. The highest BCUT2D eigenvalue weighted by molar-refractivity contribution is 5.93. The Hall–Kier alpha value is -4.71. The summed E-state index contributed by atoms with van der Waals surface area (Å²) in [7, 11) is 0. The number of unbranched alkanes of at least 4 members (excludes halogenated alkanes) is 18. The van der Waals surface area contributed by atoms with E-state index < -0.39 is 0 Å². The smallest absolute Gasteiger partial charge is 0.224 e. The van der Waals surface area contributed by atoms with Gasteiger partial charge in [-0.1, -0.05) is 173 Å². The fourth-order valence-corrected chi connectivity index (χ4v) is 7.76. The van der Waals surface area contributed by atoms with Gasteiger partial charge in [0, 0.05) is 36.3 Å². The third kappa shape index (κ3) is 18.7. The maximum atomic E-state index is 12.7. The number of hydrogen-bond donors (Lipinski definition) is 3. The summed E-state index contributed by atoms with van der Waals surface area (Å²) in [6.45, 7) is 6.69. The number of rotatable bonds is 30. The molecule has 0 heterocycles. The van der Waals surface area contributed by atoms with Gasteiger partial charge >= 0.3 is 0 Å². The molecule has 0 atom stereocenters. The van der Waals surface area contributed by atoms with Crippen molar-refractivity contribution in [2.45, 2.75) is 175 Å². The van der Waals surface area contributed by atoms with Crippen molar-refractivity contribution in [3.63, 3.8) is 0 Å². The highest BCUT2D eigenvalue weighted by Gasteiger charge is 2.11. The van der Waals surface area contributed by atoms with E-state index in [-0.39, 0.29) is 17.7 Å². The molecule has 3 N–H and O–H groups in total. The molecule has 0 radical (unpaired) electrons. The van der Waals surface area contributed by atoms with E-state index in [1.807, 2.05) is 36.4 Å². The first-order chi connectivity index (χ1) is 29.4. The van der Waals surface area contributed by atoms with E-state index in [0.717, 1.165) is 89.0 Å². The van der Waals surface area contributed by atoms with Crippen molar-refractivity contribution in [3.05, 3.63) is 91.0 Å². The number of nitrogens with one attached hydrogen (secondary N) is 3. The molecule has 4 rings (SSSR count). The van der Waals surface area contributed by atoms with Crippen molar-refractivity contribution in [2.24, 2.45) is 0 Å². The number of hydrogen-bond acceptors (Lipinski definition) is 3. The molecule has 0 aromatic heterocycles. The van der Waals surface area contributed by atoms with Gasteiger partial charge in [0.15, 0.2) is 0 Å². The summed E-state index contributed by atoms with van der Waals surface area (Å²) in [5.74, 6) is 0.196. The number of amides is 3. The topological polar surface area (TPSA) is 87.3 Å². The molecule has 0 aliphatic carbocycles. The number of benzene rings is 4. The first kappa shape index (κ1) is 48.0. The molecule has 6 nitrogen and oxygen atoms in total. The largest absolute Gasteiger partial charge is 0.326 e. The fourth-order valence-electron chi connectivity index (χ4n) is 7.76. The van der Waals surface area contributed by atoms with Crippen LogP contribution in [0.2, 0.25) is 0 Å². The Labute approximate surface area is 363 Å². The molecule has 324 valence electrons. The standard InChI is InChI=1S/C54H75N3O3/c1-4-7-10-13-16-19-22-25-52(58)55-49-34-28-43(29-35-49)46-40-47(44-30-36-50(37-31-44)56-53(59)26-23-20-17-14-11-8-5-2)42-48(41-46)45-32-38-51(39-33-45)57-54(60)27-24-21-18-15-12-9-6-3/h28-42H,4-27H2,1-3H3,(H,55,58)(H,56,59)(H,57,60). The molecular weight excluding hydrogens is 739 g/mol. The summed E-state index contributed by atoms with van der Waals surface area (Å²) in [6, 6.07) is 30.9. The van der Waals surface area contributed by atoms with Gasteiger partial charge in [0.2, 0.25) is 17.7 Å². The summed E-state index contributed by atoms with van der Waals surface area (Å²) >= 11 is 0. The second-order valence-electron chi connectivity index (χ2n) is 16.8. The highest BCUT2D eigenvalue weighted by Crippen LogP contribution is 2.34. The Bertz CT molecular complexity index is 1590. The van der Waals surface area contributed by atoms with Crippen LogP contribution >= 0.6 is 0 Å². The summed E-state index contributed by atoms with van der Waals surface area (Å²) < 4.78 is 0. The molecule has 0 bridgehead atoms. The van der Waals surface area contributed by atoms with Crippen molar-refractivity contribution in [3.8, 4) is 33.4 Å². The average Bonchev–Trinajstić information content (AvgIpc) is 3.26. The van der Waals surface area contributed by atoms with Crippen LogP contribution in [0.5, 0.6) is 0 Å². The number of carbonyl (C=O) groups excluding carboxylic acids is 3. The van der Waals surface area contributed by atoms with Gasteiger partial charge in [-0.05, 0) is 107 Å². The molecule has 0 aliphatic heterocycles. The minimum atomic E-state index is 0.0653. The molecule has 3 amide bonds. The predicted molar refractivity (Wildman–Crippen MR) is 256 cm³/mol. The molecule has 0 aliphatic rings. The Morgan fingerprint density at radius 2 is 0.517 bits per heavy atom. The van der Waals surface area contributed by atoms with E-state index in [1.165, 1.54) is 96.3 Å². The average molecular weight is 814 g/mol. The Morgan fingerprint density at radius 3 is 0.750 bits per heavy atom. The van der Waals surface area contributed by atoms with E-state index in [2.05, 4.69) is 91.3 Å². The monoisotopic (exact) mass is 814 g/mol. The maximum absolute atomic E-state index is 12.7. The summed E-state index contributed by atoms with van der Waals surface area (Å²) in [5, 5.41) is 9.27. The second-order valence-corrected chi connectivity index (χ2v) is 16.8. The molecule has 4 aromatic rings. The lowest BCUT2D eigenvalue weighted by Crippen LogP contribution is -2.10. The Morgan fingerprint density at radius 1 is 0.300 bits per heavy atom. The second kappa shape index (κ2) is 28.7. The van der Waals surface area contributed by atoms with Crippen molar-refractivity contribution in [1.29, 1.82) is 0 Å². The zero-order valence-corrected chi connectivity index (χ0v) is 37.4. The summed E-state index contributed by atoms with van der Waals surface area (Å²) in [4.78, 5) is 38.1. The van der Waals surface area contributed by atoms with Crippen LogP contribution in [0.25, 0.3) is 33.4 Å². The van der Waals surface area contributed by atoms with Crippen LogP contribution in [-0.2, 0) is 14.4 Å². The van der Waals surface area contributed by atoms with Crippen molar-refractivity contribution >= 4 is 34.8 Å². The molecular formula is C54H75N3O3. The molecule has 6 heteroatoms. The first-order valence-corrected chi connectivity index (χ1v) is 23.7. The number of anilines is 3. The molecule has 0 saturated carbocycles. The predicted octanol–water partition coefficient (Wildman–Crippen LogP) is 15.9. The first-order valence-electron chi connectivity index (χ1n) is 23.7. The summed E-state index contributed by atoms with van der Waals surface area (Å²) in [6.07, 6.45) is 26.6. The fraction of sp³-hybridized carbons (Fsp3) is 0.500. The maximum Gasteiger partial charge on any atom is 0.224 e. The molecule has 4 aromatic carbocycles. The quantitative estimate of drug-likeness (QED) is 0.0458.